The molecule has 2 heterocycles. The Balaban J connectivity index is 1.76. The van der Waals surface area contributed by atoms with Crippen LogP contribution in [0, 0.1) is 5.82 Å². The number of urea groups is 1. The number of unbranched alkanes of at least 4 members (excludes halogenated alkanes) is 1. The summed E-state index contributed by atoms with van der Waals surface area (Å²) in [4.78, 5) is 43.5. The number of hydrogen-bond acceptors (Lipinski definition) is 6. The molecule has 1 saturated heterocycles. The molecule has 10 nitrogen and oxygen atoms in total. The Morgan fingerprint density at radius 1 is 1.21 bits per heavy atom. The predicted molar refractivity (Wildman–Crippen MR) is 140 cm³/mol. The van der Waals surface area contributed by atoms with Crippen molar-refractivity contribution in [2.45, 2.75) is 31.6 Å². The Kier molecular flexibility index (Phi) is 7.56. The van der Waals surface area contributed by atoms with E-state index >= 15 is 0 Å². The number of fused-ring (bicyclic) bond motifs is 1. The molecule has 3 amide bonds. The lowest BCUT2D eigenvalue weighted by atomic mass is 9.97. The quantitative estimate of drug-likeness (QED) is 0.261. The smallest absolute Gasteiger partial charge is 0.352 e. The Morgan fingerprint density at radius 3 is 2.58 bits per heavy atom. The van der Waals surface area contributed by atoms with Crippen LogP contribution in [-0.4, -0.2) is 72.1 Å². The van der Waals surface area contributed by atoms with Gasteiger partial charge in [-0.2, -0.15) is 0 Å². The number of nitrogens with two attached hydrogens (primary N) is 1. The summed E-state index contributed by atoms with van der Waals surface area (Å²) < 4.78 is 38.1. The Labute approximate surface area is 219 Å². The number of aromatic carboxylic acids is 1. The average molecular weight is 545 g/mol. The SMILES string of the molecule is C[C@@H](c1cccc2c(-c3ccc(CS(C)(=O)=O)c(F)c3)c(C(=O)O)[nH]c12)N1C(=O)CN(CCCCN)C1=O. The highest BCUT2D eigenvalue weighted by Crippen LogP contribution is 2.38. The fraction of sp³-hybridized carbons (Fsp3) is 0.346. The molecule has 0 aliphatic carbocycles. The second-order valence-corrected chi connectivity index (χ2v) is 11.6. The minimum Gasteiger partial charge on any atom is -0.477 e. The normalized spacial score (nSPS) is 15.1. The van der Waals surface area contributed by atoms with Crippen LogP contribution in [-0.2, 0) is 20.4 Å². The van der Waals surface area contributed by atoms with E-state index in [1.807, 2.05) is 0 Å². The highest BCUT2D eigenvalue weighted by Gasteiger charge is 2.39. The number of benzene rings is 2. The highest BCUT2D eigenvalue weighted by molar-refractivity contribution is 7.89. The minimum absolute atomic E-state index is 0.0237. The van der Waals surface area contributed by atoms with Crippen LogP contribution in [0.3, 0.4) is 0 Å². The maximum Gasteiger partial charge on any atom is 0.352 e. The Morgan fingerprint density at radius 2 is 1.95 bits per heavy atom. The molecule has 1 aromatic heterocycles. The summed E-state index contributed by atoms with van der Waals surface area (Å²) in [7, 11) is -3.47. The van der Waals surface area contributed by atoms with E-state index in [0.717, 1.165) is 23.6 Å². The van der Waals surface area contributed by atoms with Crippen molar-refractivity contribution in [2.75, 3.05) is 25.9 Å². The zero-order valence-electron chi connectivity index (χ0n) is 21.0. The van der Waals surface area contributed by atoms with E-state index in [1.54, 1.807) is 25.1 Å². The van der Waals surface area contributed by atoms with Crippen LogP contribution in [0.4, 0.5) is 9.18 Å². The number of imide groups is 1. The lowest BCUT2D eigenvalue weighted by Crippen LogP contribution is -2.35. The van der Waals surface area contributed by atoms with E-state index in [1.165, 1.54) is 17.0 Å². The number of nitrogens with one attached hydrogen (secondary N) is 1. The van der Waals surface area contributed by atoms with Crippen molar-refractivity contribution < 1.29 is 32.3 Å². The zero-order valence-corrected chi connectivity index (χ0v) is 21.8. The monoisotopic (exact) mass is 544 g/mol. The molecule has 1 atom stereocenters. The number of aromatic nitrogens is 1. The van der Waals surface area contributed by atoms with Crippen LogP contribution < -0.4 is 5.73 Å². The molecular weight excluding hydrogens is 515 g/mol. The lowest BCUT2D eigenvalue weighted by Gasteiger charge is -2.24. The molecule has 3 aromatic rings. The van der Waals surface area contributed by atoms with Gasteiger partial charge in [0.15, 0.2) is 9.84 Å². The molecule has 1 aliphatic heterocycles. The van der Waals surface area contributed by atoms with Gasteiger partial charge in [-0.15, -0.1) is 0 Å². The van der Waals surface area contributed by atoms with Crippen LogP contribution in [0.5, 0.6) is 0 Å². The molecule has 0 bridgehead atoms. The van der Waals surface area contributed by atoms with E-state index in [9.17, 15) is 32.3 Å². The molecule has 0 spiro atoms. The van der Waals surface area contributed by atoms with Gasteiger partial charge in [0.25, 0.3) is 5.91 Å². The molecule has 38 heavy (non-hydrogen) atoms. The van der Waals surface area contributed by atoms with Crippen LogP contribution in [0.2, 0.25) is 0 Å². The van der Waals surface area contributed by atoms with Gasteiger partial charge < -0.3 is 20.7 Å². The number of sulfone groups is 1. The zero-order chi connectivity index (χ0) is 27.8. The number of amides is 3. The van der Waals surface area contributed by atoms with Crippen molar-refractivity contribution in [1.29, 1.82) is 0 Å². The molecular formula is C26H29FN4O6S. The first-order chi connectivity index (χ1) is 17.9. The molecule has 4 N–H and O–H groups in total. The predicted octanol–water partition coefficient (Wildman–Crippen LogP) is 3.28. The summed E-state index contributed by atoms with van der Waals surface area (Å²) in [6, 6.07) is 7.81. The number of aromatic amines is 1. The third kappa shape index (κ3) is 5.27. The summed E-state index contributed by atoms with van der Waals surface area (Å²) >= 11 is 0. The third-order valence-corrected chi connectivity index (χ3v) is 7.47. The van der Waals surface area contributed by atoms with E-state index in [-0.39, 0.29) is 34.8 Å². The van der Waals surface area contributed by atoms with Crippen LogP contribution in [0.1, 0.15) is 47.4 Å². The Hall–Kier alpha value is -3.77. The number of carbonyl (C=O) groups is 3. The fourth-order valence-corrected chi connectivity index (χ4v) is 5.66. The van der Waals surface area contributed by atoms with Gasteiger partial charge in [0.05, 0.1) is 17.3 Å². The molecule has 0 unspecified atom stereocenters. The topological polar surface area (TPSA) is 154 Å². The summed E-state index contributed by atoms with van der Waals surface area (Å²) in [6.07, 6.45) is 2.40. The lowest BCUT2D eigenvalue weighted by molar-refractivity contribution is -0.126. The number of carboxylic acids is 1. The Bertz CT molecular complexity index is 1530. The number of rotatable bonds is 10. The standard InChI is InChI=1S/C26H29FN4O6S/c1-15(31-21(32)13-30(26(31)35)11-4-3-10-28)18-6-5-7-19-22(24(25(33)34)29-23(18)19)16-8-9-17(20(27)12-16)14-38(2,36)37/h5-9,12,15,29H,3-4,10-11,13-14,28H2,1-2H3,(H,33,34)/t15-/m0/s1. The van der Waals surface area contributed by atoms with Crippen molar-refractivity contribution in [3.8, 4) is 11.1 Å². The van der Waals surface area contributed by atoms with Gasteiger partial charge in [0, 0.05) is 29.3 Å². The van der Waals surface area contributed by atoms with E-state index in [0.29, 0.717) is 36.0 Å². The number of H-pyrrole nitrogens is 1. The number of halogens is 1. The van der Waals surface area contributed by atoms with Crippen molar-refractivity contribution >= 4 is 38.6 Å². The number of nitrogens with zero attached hydrogens (tertiary/aromatic N) is 2. The summed E-state index contributed by atoms with van der Waals surface area (Å²) in [5.41, 5.74) is 6.69. The van der Waals surface area contributed by atoms with Gasteiger partial charge in [0.2, 0.25) is 0 Å². The van der Waals surface area contributed by atoms with Crippen molar-refractivity contribution in [2.24, 2.45) is 5.73 Å². The largest absolute Gasteiger partial charge is 0.477 e. The average Bonchev–Trinajstić information content (AvgIpc) is 3.36. The first-order valence-electron chi connectivity index (χ1n) is 12.1. The molecule has 4 rings (SSSR count). The number of carbonyl (C=O) groups excluding carboxylic acids is 2. The third-order valence-electron chi connectivity index (χ3n) is 6.63. The second kappa shape index (κ2) is 10.5. The van der Waals surface area contributed by atoms with Crippen molar-refractivity contribution in [3.05, 3.63) is 59.0 Å². The maximum atomic E-state index is 14.8. The van der Waals surface area contributed by atoms with E-state index in [4.69, 9.17) is 5.73 Å². The van der Waals surface area contributed by atoms with Gasteiger partial charge >= 0.3 is 12.0 Å². The fourth-order valence-electron chi connectivity index (χ4n) is 4.86. The first kappa shape index (κ1) is 27.3. The molecule has 12 heteroatoms. The first-order valence-corrected chi connectivity index (χ1v) is 14.1. The van der Waals surface area contributed by atoms with Crippen LogP contribution in [0.15, 0.2) is 36.4 Å². The van der Waals surface area contributed by atoms with Gasteiger partial charge in [-0.3, -0.25) is 9.69 Å². The second-order valence-electron chi connectivity index (χ2n) is 9.47. The number of hydrogen-bond donors (Lipinski definition) is 3. The maximum absolute atomic E-state index is 14.8. The van der Waals surface area contributed by atoms with E-state index in [2.05, 4.69) is 4.98 Å². The van der Waals surface area contributed by atoms with Gasteiger partial charge in [-0.05, 0) is 43.5 Å². The molecule has 0 radical (unpaired) electrons. The highest BCUT2D eigenvalue weighted by atomic mass is 32.2. The van der Waals surface area contributed by atoms with Gasteiger partial charge in [-0.25, -0.2) is 22.4 Å². The minimum atomic E-state index is -3.47. The molecule has 202 valence electrons. The van der Waals surface area contributed by atoms with Crippen LogP contribution >= 0.6 is 0 Å². The number of carboxylic acid groups (broad SMARTS) is 1. The summed E-state index contributed by atoms with van der Waals surface area (Å²) in [5, 5.41) is 10.4. The number of para-hydroxylation sites is 1. The van der Waals surface area contributed by atoms with Crippen LogP contribution in [0.25, 0.3) is 22.0 Å². The van der Waals surface area contributed by atoms with Crippen molar-refractivity contribution in [1.82, 2.24) is 14.8 Å². The molecule has 0 saturated carbocycles. The molecule has 1 aliphatic rings. The summed E-state index contributed by atoms with van der Waals surface area (Å²) in [6.45, 7) is 2.54. The molecule has 1 fully saturated rings. The van der Waals surface area contributed by atoms with Gasteiger partial charge in [-0.1, -0.05) is 30.3 Å². The van der Waals surface area contributed by atoms with Gasteiger partial charge in [0.1, 0.15) is 18.1 Å². The molecule has 2 aromatic carbocycles. The summed E-state index contributed by atoms with van der Waals surface area (Å²) in [5.74, 6) is -2.90. The van der Waals surface area contributed by atoms with Crippen molar-refractivity contribution in [3.63, 3.8) is 0 Å². The van der Waals surface area contributed by atoms with E-state index < -0.39 is 39.4 Å².